The molecule has 0 saturated heterocycles. The van der Waals surface area contributed by atoms with E-state index in [1.807, 2.05) is 25.6 Å². The summed E-state index contributed by atoms with van der Waals surface area (Å²) >= 11 is 0. The molecule has 6 nitrogen and oxygen atoms in total. The third-order valence-electron chi connectivity index (χ3n) is 4.49. The molecule has 2 N–H and O–H groups in total. The number of aryl methyl sites for hydroxylation is 2. The van der Waals surface area contributed by atoms with Gasteiger partial charge in [-0.15, -0.1) is 0 Å². The van der Waals surface area contributed by atoms with Crippen LogP contribution in [0.1, 0.15) is 43.1 Å². The number of methoxy groups -OCH3 is 1. The maximum atomic E-state index is 6.31. The van der Waals surface area contributed by atoms with Crippen LogP contribution in [0.2, 0.25) is 0 Å². The minimum absolute atomic E-state index is 0.522. The van der Waals surface area contributed by atoms with Gasteiger partial charge in [0.05, 0.1) is 18.4 Å². The first-order valence-electron chi connectivity index (χ1n) is 7.44. The molecule has 2 aromatic heterocycles. The Morgan fingerprint density at radius 2 is 1.90 bits per heavy atom. The van der Waals surface area contributed by atoms with Crippen LogP contribution in [0.3, 0.4) is 0 Å². The molecule has 0 radical (unpaired) electrons. The van der Waals surface area contributed by atoms with Crippen molar-refractivity contribution in [3.8, 4) is 17.1 Å². The first-order chi connectivity index (χ1) is 10.0. The van der Waals surface area contributed by atoms with Crippen LogP contribution in [0, 0.1) is 6.92 Å². The van der Waals surface area contributed by atoms with Gasteiger partial charge in [0.15, 0.2) is 0 Å². The van der Waals surface area contributed by atoms with Gasteiger partial charge in [0.25, 0.3) is 0 Å². The van der Waals surface area contributed by atoms with E-state index >= 15 is 0 Å². The third-order valence-corrected chi connectivity index (χ3v) is 4.49. The number of aromatic nitrogens is 4. The summed E-state index contributed by atoms with van der Waals surface area (Å²) in [5.74, 6) is 3.00. The highest BCUT2D eigenvalue weighted by Crippen LogP contribution is 2.40. The van der Waals surface area contributed by atoms with E-state index < -0.39 is 0 Å². The predicted molar refractivity (Wildman–Crippen MR) is 82.3 cm³/mol. The SMILES string of the molecule is COc1c(-c2nc(C3CCCC3)n(C)c2N)c(C)nn1C. The topological polar surface area (TPSA) is 70.9 Å². The molecule has 1 aliphatic rings. The van der Waals surface area contributed by atoms with Crippen molar-refractivity contribution in [2.24, 2.45) is 14.1 Å². The number of rotatable bonds is 3. The van der Waals surface area contributed by atoms with Gasteiger partial charge in [-0.2, -0.15) is 5.10 Å². The molecule has 0 spiro atoms. The Kier molecular flexibility index (Phi) is 3.39. The maximum absolute atomic E-state index is 6.31. The lowest BCUT2D eigenvalue weighted by Gasteiger charge is -2.08. The molecule has 6 heteroatoms. The van der Waals surface area contributed by atoms with Crippen LogP contribution in [0.4, 0.5) is 5.82 Å². The Hall–Kier alpha value is -1.98. The van der Waals surface area contributed by atoms with E-state index in [1.165, 1.54) is 25.7 Å². The highest BCUT2D eigenvalue weighted by Gasteiger charge is 2.27. The fourth-order valence-corrected chi connectivity index (χ4v) is 3.41. The normalized spacial score (nSPS) is 15.8. The van der Waals surface area contributed by atoms with E-state index in [2.05, 4.69) is 5.10 Å². The lowest BCUT2D eigenvalue weighted by molar-refractivity contribution is 0.374. The van der Waals surface area contributed by atoms with Gasteiger partial charge >= 0.3 is 0 Å². The molecule has 0 amide bonds. The average molecular weight is 289 g/mol. The average Bonchev–Trinajstić information content (AvgIpc) is 3.12. The molecule has 2 heterocycles. The summed E-state index contributed by atoms with van der Waals surface area (Å²) in [6.45, 7) is 1.96. The quantitative estimate of drug-likeness (QED) is 0.941. The first-order valence-corrected chi connectivity index (χ1v) is 7.44. The molecule has 2 aromatic rings. The lowest BCUT2D eigenvalue weighted by atomic mass is 10.1. The Labute approximate surface area is 124 Å². The zero-order valence-electron chi connectivity index (χ0n) is 13.2. The Bertz CT molecular complexity index is 664. The molecule has 114 valence electrons. The molecule has 0 aromatic carbocycles. The standard InChI is InChI=1S/C15H23N5O/c1-9-11(15(21-4)20(3)18-9)12-13(16)19(2)14(17-12)10-7-5-6-8-10/h10H,5-8,16H2,1-4H3. The minimum Gasteiger partial charge on any atom is -0.481 e. The number of hydrogen-bond donors (Lipinski definition) is 1. The summed E-state index contributed by atoms with van der Waals surface area (Å²) in [4.78, 5) is 4.85. The van der Waals surface area contributed by atoms with E-state index in [4.69, 9.17) is 15.5 Å². The van der Waals surface area contributed by atoms with Crippen molar-refractivity contribution in [3.05, 3.63) is 11.5 Å². The predicted octanol–water partition coefficient (Wildman–Crippen LogP) is 2.38. The van der Waals surface area contributed by atoms with Gasteiger partial charge < -0.3 is 15.0 Å². The van der Waals surface area contributed by atoms with Gasteiger partial charge in [0.1, 0.15) is 17.3 Å². The monoisotopic (exact) mass is 289 g/mol. The maximum Gasteiger partial charge on any atom is 0.221 e. The second-order valence-electron chi connectivity index (χ2n) is 5.84. The fraction of sp³-hybridized carbons (Fsp3) is 0.600. The van der Waals surface area contributed by atoms with Crippen LogP contribution in [-0.2, 0) is 14.1 Å². The van der Waals surface area contributed by atoms with Crippen LogP contribution in [-0.4, -0.2) is 26.4 Å². The van der Waals surface area contributed by atoms with Crippen molar-refractivity contribution in [3.63, 3.8) is 0 Å². The molecule has 0 bridgehead atoms. The van der Waals surface area contributed by atoms with Crippen molar-refractivity contribution in [2.45, 2.75) is 38.5 Å². The van der Waals surface area contributed by atoms with E-state index in [0.29, 0.717) is 17.6 Å². The molecule has 3 rings (SSSR count). The Balaban J connectivity index is 2.13. The number of nitrogen functional groups attached to an aromatic ring is 1. The first kappa shape index (κ1) is 14.0. The number of nitrogens with two attached hydrogens (primary N) is 1. The second-order valence-corrected chi connectivity index (χ2v) is 5.84. The lowest BCUT2D eigenvalue weighted by Crippen LogP contribution is -2.05. The fourth-order valence-electron chi connectivity index (χ4n) is 3.41. The number of imidazole rings is 1. The summed E-state index contributed by atoms with van der Waals surface area (Å²) in [5, 5.41) is 4.42. The summed E-state index contributed by atoms with van der Waals surface area (Å²) in [5.41, 5.74) is 8.89. The van der Waals surface area contributed by atoms with Gasteiger partial charge in [0, 0.05) is 20.0 Å². The van der Waals surface area contributed by atoms with E-state index in [-0.39, 0.29) is 0 Å². The molecule has 0 atom stereocenters. The molecule has 21 heavy (non-hydrogen) atoms. The molecule has 1 fully saturated rings. The number of ether oxygens (including phenoxy) is 1. The zero-order valence-corrected chi connectivity index (χ0v) is 13.2. The minimum atomic E-state index is 0.522. The van der Waals surface area contributed by atoms with Crippen LogP contribution < -0.4 is 10.5 Å². The molecule has 0 aliphatic heterocycles. The van der Waals surface area contributed by atoms with E-state index in [1.54, 1.807) is 11.8 Å². The zero-order chi connectivity index (χ0) is 15.1. The molecular weight excluding hydrogens is 266 g/mol. The van der Waals surface area contributed by atoms with Crippen LogP contribution >= 0.6 is 0 Å². The highest BCUT2D eigenvalue weighted by molar-refractivity contribution is 5.77. The van der Waals surface area contributed by atoms with E-state index in [9.17, 15) is 0 Å². The smallest absolute Gasteiger partial charge is 0.221 e. The van der Waals surface area contributed by atoms with Gasteiger partial charge in [0.2, 0.25) is 5.88 Å². The Morgan fingerprint density at radius 3 is 2.52 bits per heavy atom. The number of anilines is 1. The van der Waals surface area contributed by atoms with E-state index in [0.717, 1.165) is 22.8 Å². The summed E-state index contributed by atoms with van der Waals surface area (Å²) < 4.78 is 9.23. The van der Waals surface area contributed by atoms with Crippen molar-refractivity contribution in [1.82, 2.24) is 19.3 Å². The van der Waals surface area contributed by atoms with Crippen molar-refractivity contribution in [2.75, 3.05) is 12.8 Å². The summed E-state index contributed by atoms with van der Waals surface area (Å²) in [7, 11) is 5.51. The van der Waals surface area contributed by atoms with Crippen LogP contribution in [0.5, 0.6) is 5.88 Å². The highest BCUT2D eigenvalue weighted by atomic mass is 16.5. The van der Waals surface area contributed by atoms with Crippen molar-refractivity contribution < 1.29 is 4.74 Å². The molecular formula is C15H23N5O. The molecule has 1 saturated carbocycles. The Morgan fingerprint density at radius 1 is 1.24 bits per heavy atom. The number of nitrogens with zero attached hydrogens (tertiary/aromatic N) is 4. The van der Waals surface area contributed by atoms with Gasteiger partial charge in [-0.1, -0.05) is 12.8 Å². The van der Waals surface area contributed by atoms with Gasteiger partial charge in [-0.3, -0.25) is 0 Å². The second kappa shape index (κ2) is 5.09. The largest absolute Gasteiger partial charge is 0.481 e. The van der Waals surface area contributed by atoms with Gasteiger partial charge in [-0.25, -0.2) is 9.67 Å². The van der Waals surface area contributed by atoms with Gasteiger partial charge in [-0.05, 0) is 19.8 Å². The number of hydrogen-bond acceptors (Lipinski definition) is 4. The third kappa shape index (κ3) is 2.09. The van der Waals surface area contributed by atoms with Crippen LogP contribution in [0.15, 0.2) is 0 Å². The van der Waals surface area contributed by atoms with Crippen molar-refractivity contribution >= 4 is 5.82 Å². The molecule has 0 unspecified atom stereocenters. The van der Waals surface area contributed by atoms with Crippen LogP contribution in [0.25, 0.3) is 11.3 Å². The summed E-state index contributed by atoms with van der Waals surface area (Å²) in [6, 6.07) is 0. The molecule has 1 aliphatic carbocycles. The summed E-state index contributed by atoms with van der Waals surface area (Å²) in [6.07, 6.45) is 4.96. The van der Waals surface area contributed by atoms with Crippen molar-refractivity contribution in [1.29, 1.82) is 0 Å².